The van der Waals surface area contributed by atoms with Gasteiger partial charge in [0.25, 0.3) is 0 Å². The molecule has 0 bridgehead atoms. The molecule has 0 aliphatic carbocycles. The number of alkyl halides is 2. The van der Waals surface area contributed by atoms with Crippen molar-refractivity contribution in [2.24, 2.45) is 0 Å². The number of ether oxygens (including phenoxy) is 2. The Morgan fingerprint density at radius 2 is 2.00 bits per heavy atom. The van der Waals surface area contributed by atoms with Crippen LogP contribution in [-0.4, -0.2) is 43.7 Å². The summed E-state index contributed by atoms with van der Waals surface area (Å²) in [5, 5.41) is 0. The Balaban J connectivity index is 2.16. The highest BCUT2D eigenvalue weighted by atomic mass is 19.3. The number of halogens is 2. The van der Waals surface area contributed by atoms with Gasteiger partial charge in [-0.05, 0) is 18.6 Å². The molecule has 1 aromatic carbocycles. The Labute approximate surface area is 121 Å². The van der Waals surface area contributed by atoms with Crippen LogP contribution in [0.2, 0.25) is 0 Å². The van der Waals surface area contributed by atoms with E-state index in [0.29, 0.717) is 37.4 Å². The Bertz CT molecular complexity index is 525. The summed E-state index contributed by atoms with van der Waals surface area (Å²) in [6.45, 7) is 0.920. The van der Waals surface area contributed by atoms with Gasteiger partial charge in [-0.1, -0.05) is 18.2 Å². The van der Waals surface area contributed by atoms with Crippen LogP contribution in [0.25, 0.3) is 5.57 Å². The second-order valence-corrected chi connectivity index (χ2v) is 4.64. The van der Waals surface area contributed by atoms with Crippen LogP contribution in [0.15, 0.2) is 30.3 Å². The fourth-order valence-electron chi connectivity index (χ4n) is 2.13. The summed E-state index contributed by atoms with van der Waals surface area (Å²) < 4.78 is 34.4. The zero-order chi connectivity index (χ0) is 15.2. The first-order valence-corrected chi connectivity index (χ1v) is 6.67. The van der Waals surface area contributed by atoms with Crippen molar-refractivity contribution in [3.05, 3.63) is 35.9 Å². The van der Waals surface area contributed by atoms with Crippen LogP contribution in [0.4, 0.5) is 8.78 Å². The maximum Gasteiger partial charge on any atom is 0.387 e. The lowest BCUT2D eigenvalue weighted by Gasteiger charge is -2.26. The minimum Gasteiger partial charge on any atom is -0.434 e. The number of allylic oxidation sites excluding steroid dienone is 1. The van der Waals surface area contributed by atoms with E-state index < -0.39 is 6.61 Å². The molecular weight excluding hydrogens is 280 g/mol. The summed E-state index contributed by atoms with van der Waals surface area (Å²) in [5.74, 6) is -0.0846. The summed E-state index contributed by atoms with van der Waals surface area (Å²) in [5.41, 5.74) is 1.07. The third-order valence-corrected chi connectivity index (χ3v) is 3.19. The SMILES string of the molecule is C/C(=C/C(=O)N1CCOCC1)c1ccccc1OC(F)F. The topological polar surface area (TPSA) is 38.8 Å². The van der Waals surface area contributed by atoms with Gasteiger partial charge in [0.1, 0.15) is 5.75 Å². The van der Waals surface area contributed by atoms with Crippen LogP contribution < -0.4 is 4.74 Å². The average molecular weight is 297 g/mol. The number of para-hydroxylation sites is 1. The van der Waals surface area contributed by atoms with E-state index >= 15 is 0 Å². The second-order valence-electron chi connectivity index (χ2n) is 4.64. The first kappa shape index (κ1) is 15.4. The lowest BCUT2D eigenvalue weighted by Crippen LogP contribution is -2.39. The Kier molecular flexibility index (Phi) is 5.27. The molecule has 0 unspecified atom stereocenters. The molecule has 4 nitrogen and oxygen atoms in total. The van der Waals surface area contributed by atoms with Gasteiger partial charge in [-0.15, -0.1) is 0 Å². The molecule has 2 rings (SSSR count). The van der Waals surface area contributed by atoms with Crippen LogP contribution in [0.3, 0.4) is 0 Å². The van der Waals surface area contributed by atoms with Crippen molar-refractivity contribution in [1.82, 2.24) is 4.90 Å². The molecule has 0 N–H and O–H groups in total. The fraction of sp³-hybridized carbons (Fsp3) is 0.400. The van der Waals surface area contributed by atoms with E-state index in [1.165, 1.54) is 12.1 Å². The number of amides is 1. The van der Waals surface area contributed by atoms with Gasteiger partial charge in [-0.25, -0.2) is 0 Å². The summed E-state index contributed by atoms with van der Waals surface area (Å²) >= 11 is 0. The van der Waals surface area contributed by atoms with Gasteiger partial charge in [0.05, 0.1) is 13.2 Å². The molecule has 0 radical (unpaired) electrons. The summed E-state index contributed by atoms with van der Waals surface area (Å²) in [4.78, 5) is 13.8. The van der Waals surface area contributed by atoms with E-state index in [1.807, 2.05) is 0 Å². The molecular formula is C15H17F2NO3. The minimum absolute atomic E-state index is 0.0658. The van der Waals surface area contributed by atoms with Crippen molar-refractivity contribution >= 4 is 11.5 Å². The monoisotopic (exact) mass is 297 g/mol. The number of carbonyl (C=O) groups is 1. The number of benzene rings is 1. The van der Waals surface area contributed by atoms with E-state index in [2.05, 4.69) is 4.74 Å². The Morgan fingerprint density at radius 1 is 1.33 bits per heavy atom. The summed E-state index contributed by atoms with van der Waals surface area (Å²) in [6, 6.07) is 6.43. The molecule has 21 heavy (non-hydrogen) atoms. The minimum atomic E-state index is -2.89. The smallest absolute Gasteiger partial charge is 0.387 e. The highest BCUT2D eigenvalue weighted by molar-refractivity contribution is 5.95. The number of nitrogens with zero attached hydrogens (tertiary/aromatic N) is 1. The zero-order valence-electron chi connectivity index (χ0n) is 11.7. The molecule has 0 atom stereocenters. The van der Waals surface area contributed by atoms with Gasteiger partial charge in [-0.3, -0.25) is 4.79 Å². The molecule has 0 aromatic heterocycles. The molecule has 114 valence electrons. The highest BCUT2D eigenvalue weighted by Gasteiger charge is 2.16. The first-order valence-electron chi connectivity index (χ1n) is 6.67. The van der Waals surface area contributed by atoms with Gasteiger partial charge < -0.3 is 14.4 Å². The van der Waals surface area contributed by atoms with Crippen molar-refractivity contribution < 1.29 is 23.0 Å². The quantitative estimate of drug-likeness (QED) is 0.802. The van der Waals surface area contributed by atoms with E-state index in [0.717, 1.165) is 0 Å². The van der Waals surface area contributed by atoms with Crippen molar-refractivity contribution in [1.29, 1.82) is 0 Å². The van der Waals surface area contributed by atoms with Crippen LogP contribution in [0.5, 0.6) is 5.75 Å². The first-order chi connectivity index (χ1) is 10.1. The molecule has 1 heterocycles. The highest BCUT2D eigenvalue weighted by Crippen LogP contribution is 2.27. The average Bonchev–Trinajstić information content (AvgIpc) is 2.48. The molecule has 1 aliphatic rings. The van der Waals surface area contributed by atoms with Crippen LogP contribution in [-0.2, 0) is 9.53 Å². The maximum atomic E-state index is 12.4. The van der Waals surface area contributed by atoms with Gasteiger partial charge in [-0.2, -0.15) is 8.78 Å². The fourth-order valence-corrected chi connectivity index (χ4v) is 2.13. The molecule has 6 heteroatoms. The zero-order valence-corrected chi connectivity index (χ0v) is 11.7. The Hall–Kier alpha value is -1.95. The third kappa shape index (κ3) is 4.26. The van der Waals surface area contributed by atoms with Gasteiger partial charge in [0, 0.05) is 24.7 Å². The number of hydrogen-bond donors (Lipinski definition) is 0. The standard InChI is InChI=1S/C15H17F2NO3/c1-11(10-14(19)18-6-8-20-9-7-18)12-4-2-3-5-13(12)21-15(16)17/h2-5,10,15H,6-9H2,1H3/b11-10-. The van der Waals surface area contributed by atoms with Gasteiger partial charge in [0.2, 0.25) is 5.91 Å². The molecule has 0 spiro atoms. The van der Waals surface area contributed by atoms with Crippen molar-refractivity contribution in [2.75, 3.05) is 26.3 Å². The molecule has 0 saturated carbocycles. The number of carbonyl (C=O) groups excluding carboxylic acids is 1. The Morgan fingerprint density at radius 3 is 2.67 bits per heavy atom. The van der Waals surface area contributed by atoms with Crippen LogP contribution in [0.1, 0.15) is 12.5 Å². The predicted molar refractivity (Wildman–Crippen MR) is 74.1 cm³/mol. The third-order valence-electron chi connectivity index (χ3n) is 3.19. The van der Waals surface area contributed by atoms with Crippen molar-refractivity contribution in [3.63, 3.8) is 0 Å². The second kappa shape index (κ2) is 7.17. The number of morpholine rings is 1. The molecule has 1 amide bonds. The van der Waals surface area contributed by atoms with Gasteiger partial charge >= 0.3 is 6.61 Å². The van der Waals surface area contributed by atoms with Crippen molar-refractivity contribution in [3.8, 4) is 5.75 Å². The number of hydrogen-bond acceptors (Lipinski definition) is 3. The predicted octanol–water partition coefficient (Wildman–Crippen LogP) is 2.55. The number of rotatable bonds is 4. The molecule has 1 fully saturated rings. The lowest BCUT2D eigenvalue weighted by molar-refractivity contribution is -0.129. The van der Waals surface area contributed by atoms with Crippen LogP contribution >= 0.6 is 0 Å². The van der Waals surface area contributed by atoms with Crippen LogP contribution in [0, 0.1) is 0 Å². The van der Waals surface area contributed by atoms with Gasteiger partial charge in [0.15, 0.2) is 0 Å². The van der Waals surface area contributed by atoms with E-state index in [1.54, 1.807) is 30.0 Å². The summed E-state index contributed by atoms with van der Waals surface area (Å²) in [7, 11) is 0. The molecule has 1 aliphatic heterocycles. The largest absolute Gasteiger partial charge is 0.434 e. The van der Waals surface area contributed by atoms with E-state index in [9.17, 15) is 13.6 Å². The maximum absolute atomic E-state index is 12.4. The van der Waals surface area contributed by atoms with E-state index in [-0.39, 0.29) is 11.7 Å². The molecule has 1 saturated heterocycles. The lowest BCUT2D eigenvalue weighted by atomic mass is 10.1. The van der Waals surface area contributed by atoms with E-state index in [4.69, 9.17) is 4.74 Å². The van der Waals surface area contributed by atoms with Crippen molar-refractivity contribution in [2.45, 2.75) is 13.5 Å². The summed E-state index contributed by atoms with van der Waals surface area (Å²) in [6.07, 6.45) is 1.44. The normalized spacial score (nSPS) is 16.2. The molecule has 1 aromatic rings.